The van der Waals surface area contributed by atoms with Crippen LogP contribution in [0.5, 0.6) is 0 Å². The van der Waals surface area contributed by atoms with Crippen LogP contribution in [0.15, 0.2) is 86.0 Å². The minimum Gasteiger partial charge on any atom is -0.377 e. The maximum Gasteiger partial charge on any atom is 0.104 e. The van der Waals surface area contributed by atoms with E-state index in [2.05, 4.69) is 56.5 Å². The molecule has 0 aliphatic heterocycles. The van der Waals surface area contributed by atoms with Crippen molar-refractivity contribution in [2.45, 2.75) is 57.8 Å². The molecule has 2 atom stereocenters. The molecule has 0 aliphatic rings. The van der Waals surface area contributed by atoms with Crippen molar-refractivity contribution in [2.75, 3.05) is 13.2 Å². The molecule has 0 fully saturated rings. The van der Waals surface area contributed by atoms with E-state index in [1.807, 2.05) is 41.5 Å². The van der Waals surface area contributed by atoms with E-state index in [0.29, 0.717) is 13.2 Å². The lowest BCUT2D eigenvalue weighted by Crippen LogP contribution is -2.35. The van der Waals surface area contributed by atoms with Gasteiger partial charge >= 0.3 is 0 Å². The minimum atomic E-state index is 0.0489. The molecule has 0 saturated heterocycles. The van der Waals surface area contributed by atoms with Gasteiger partial charge in [0.15, 0.2) is 0 Å². The van der Waals surface area contributed by atoms with Gasteiger partial charge in [-0.1, -0.05) is 86.2 Å². The normalized spacial score (nSPS) is 13.1. The summed E-state index contributed by atoms with van der Waals surface area (Å²) in [6, 6.07) is 20.9. The van der Waals surface area contributed by atoms with Gasteiger partial charge in [0, 0.05) is 13.2 Å². The zero-order chi connectivity index (χ0) is 21.4. The summed E-state index contributed by atoms with van der Waals surface area (Å²) in [6.07, 6.45) is 9.05. The second kappa shape index (κ2) is 14.7. The van der Waals surface area contributed by atoms with Crippen molar-refractivity contribution < 1.29 is 9.57 Å². The summed E-state index contributed by atoms with van der Waals surface area (Å²) < 4.78 is 5.81. The highest BCUT2D eigenvalue weighted by molar-refractivity contribution is 5.17. The topological polar surface area (TPSA) is 21.7 Å². The molecule has 2 aromatic carbocycles. The molecule has 3 nitrogen and oxygen atoms in total. The molecule has 2 rings (SSSR count). The zero-order valence-electron chi connectivity index (χ0n) is 18.4. The van der Waals surface area contributed by atoms with Crippen molar-refractivity contribution in [2.24, 2.45) is 0 Å². The lowest BCUT2D eigenvalue weighted by Gasteiger charge is -2.32. The largest absolute Gasteiger partial charge is 0.377 e. The van der Waals surface area contributed by atoms with Crippen molar-refractivity contribution in [3.8, 4) is 0 Å². The maximum absolute atomic E-state index is 6.47. The minimum absolute atomic E-state index is 0.0489. The van der Waals surface area contributed by atoms with E-state index in [4.69, 9.17) is 9.57 Å². The molecule has 2 aromatic rings. The first-order chi connectivity index (χ1) is 14.8. The molecule has 0 bridgehead atoms. The van der Waals surface area contributed by atoms with Gasteiger partial charge in [0.1, 0.15) is 6.10 Å². The second-order valence-corrected chi connectivity index (χ2v) is 7.52. The SMILES string of the molecule is C=CCN(O[C@@H](CCC)c1ccccc1)[C@@H](C=C)CCCCOCc1ccccc1. The number of ether oxygens (including phenoxy) is 1. The van der Waals surface area contributed by atoms with Crippen molar-refractivity contribution in [3.63, 3.8) is 0 Å². The summed E-state index contributed by atoms with van der Waals surface area (Å²) in [5.41, 5.74) is 2.43. The van der Waals surface area contributed by atoms with E-state index in [0.717, 1.165) is 38.7 Å². The molecule has 0 saturated carbocycles. The molecule has 0 spiro atoms. The van der Waals surface area contributed by atoms with Gasteiger partial charge in [0.05, 0.1) is 12.6 Å². The summed E-state index contributed by atoms with van der Waals surface area (Å²) >= 11 is 0. The van der Waals surface area contributed by atoms with Crippen LogP contribution in [0.1, 0.15) is 56.3 Å². The predicted molar refractivity (Wildman–Crippen MR) is 126 cm³/mol. The van der Waals surface area contributed by atoms with E-state index >= 15 is 0 Å². The first-order valence-corrected chi connectivity index (χ1v) is 11.1. The van der Waals surface area contributed by atoms with Gasteiger partial charge in [-0.3, -0.25) is 4.84 Å². The molecule has 30 heavy (non-hydrogen) atoms. The Kier molecular flexibility index (Phi) is 11.8. The van der Waals surface area contributed by atoms with Crippen molar-refractivity contribution >= 4 is 0 Å². The van der Waals surface area contributed by atoms with Gasteiger partial charge in [-0.2, -0.15) is 5.06 Å². The van der Waals surface area contributed by atoms with Crippen LogP contribution < -0.4 is 0 Å². The molecule has 0 aromatic heterocycles. The Labute approximate surface area is 183 Å². The van der Waals surface area contributed by atoms with Crippen LogP contribution in [0.3, 0.4) is 0 Å². The number of rotatable bonds is 16. The Morgan fingerprint density at radius 1 is 0.933 bits per heavy atom. The molecule has 0 heterocycles. The average Bonchev–Trinajstić information content (AvgIpc) is 2.79. The van der Waals surface area contributed by atoms with Gasteiger partial charge in [0.25, 0.3) is 0 Å². The van der Waals surface area contributed by atoms with Gasteiger partial charge in [-0.25, -0.2) is 0 Å². The fraction of sp³-hybridized carbons (Fsp3) is 0.407. The summed E-state index contributed by atoms with van der Waals surface area (Å²) in [5, 5.41) is 2.04. The first kappa shape index (κ1) is 24.1. The number of hydrogen-bond acceptors (Lipinski definition) is 3. The fourth-order valence-electron chi connectivity index (χ4n) is 3.46. The number of hydrogen-bond donors (Lipinski definition) is 0. The van der Waals surface area contributed by atoms with Crippen LogP contribution in [-0.2, 0) is 16.2 Å². The summed E-state index contributed by atoms with van der Waals surface area (Å²) in [4.78, 5) is 6.47. The van der Waals surface area contributed by atoms with Crippen molar-refractivity contribution in [3.05, 3.63) is 97.1 Å². The summed E-state index contributed by atoms with van der Waals surface area (Å²) in [6.45, 7) is 12.3. The van der Waals surface area contributed by atoms with E-state index < -0.39 is 0 Å². The van der Waals surface area contributed by atoms with E-state index in [1.165, 1.54) is 11.1 Å². The molecule has 0 unspecified atom stereocenters. The average molecular weight is 408 g/mol. The second-order valence-electron chi connectivity index (χ2n) is 7.52. The van der Waals surface area contributed by atoms with Crippen molar-refractivity contribution in [1.82, 2.24) is 5.06 Å². The highest BCUT2D eigenvalue weighted by atomic mass is 16.7. The molecule has 3 heteroatoms. The van der Waals surface area contributed by atoms with Gasteiger partial charge < -0.3 is 4.74 Å². The lowest BCUT2D eigenvalue weighted by molar-refractivity contribution is -0.212. The van der Waals surface area contributed by atoms with Gasteiger partial charge in [-0.15, -0.1) is 13.2 Å². The predicted octanol–water partition coefficient (Wildman–Crippen LogP) is 6.89. The third-order valence-corrected chi connectivity index (χ3v) is 5.09. The lowest BCUT2D eigenvalue weighted by atomic mass is 10.1. The van der Waals surface area contributed by atoms with Crippen LogP contribution in [0, 0.1) is 0 Å². The highest BCUT2D eigenvalue weighted by Crippen LogP contribution is 2.26. The van der Waals surface area contributed by atoms with Crippen molar-refractivity contribution in [1.29, 1.82) is 0 Å². The van der Waals surface area contributed by atoms with Gasteiger partial charge in [-0.05, 0) is 36.8 Å². The Morgan fingerprint density at radius 3 is 2.27 bits per heavy atom. The fourth-order valence-corrected chi connectivity index (χ4v) is 3.46. The summed E-state index contributed by atoms with van der Waals surface area (Å²) in [7, 11) is 0. The summed E-state index contributed by atoms with van der Waals surface area (Å²) in [5.74, 6) is 0. The quantitative estimate of drug-likeness (QED) is 0.172. The third-order valence-electron chi connectivity index (χ3n) is 5.09. The first-order valence-electron chi connectivity index (χ1n) is 11.1. The van der Waals surface area contributed by atoms with Crippen LogP contribution in [0.2, 0.25) is 0 Å². The number of nitrogens with zero attached hydrogens (tertiary/aromatic N) is 1. The Balaban J connectivity index is 1.82. The standard InChI is InChI=1S/C27H37NO2/c1-4-15-27(25-18-11-8-12-19-25)30-28(21-5-2)26(6-3)20-13-14-22-29-23-24-16-9-7-10-17-24/h5-12,16-19,26-27H,2-4,13-15,20-23H2,1H3/t26-,27-/m0/s1. The van der Waals surface area contributed by atoms with E-state index in [9.17, 15) is 0 Å². The smallest absolute Gasteiger partial charge is 0.104 e. The molecule has 162 valence electrons. The zero-order valence-corrected chi connectivity index (χ0v) is 18.4. The molecule has 0 radical (unpaired) electrons. The Hall–Kier alpha value is -2.20. The highest BCUT2D eigenvalue weighted by Gasteiger charge is 2.21. The number of unbranched alkanes of at least 4 members (excludes halogenated alkanes) is 1. The van der Waals surface area contributed by atoms with Crippen LogP contribution in [-0.4, -0.2) is 24.3 Å². The monoisotopic (exact) mass is 407 g/mol. The number of hydroxylamine groups is 2. The molecular weight excluding hydrogens is 370 g/mol. The van der Waals surface area contributed by atoms with Gasteiger partial charge in [0.2, 0.25) is 0 Å². The Bertz CT molecular complexity index is 701. The molecule has 0 aliphatic carbocycles. The Morgan fingerprint density at radius 2 is 1.63 bits per heavy atom. The number of benzene rings is 2. The molecule has 0 amide bonds. The molecular formula is C27H37NO2. The third kappa shape index (κ3) is 8.66. The maximum atomic E-state index is 6.47. The van der Waals surface area contributed by atoms with Crippen LogP contribution in [0.25, 0.3) is 0 Å². The van der Waals surface area contributed by atoms with Crippen LogP contribution in [0.4, 0.5) is 0 Å². The van der Waals surface area contributed by atoms with Crippen LogP contribution >= 0.6 is 0 Å². The van der Waals surface area contributed by atoms with E-state index in [1.54, 1.807) is 0 Å². The molecule has 0 N–H and O–H groups in total. The van der Waals surface area contributed by atoms with E-state index in [-0.39, 0.29) is 12.1 Å².